The van der Waals surface area contributed by atoms with E-state index in [4.69, 9.17) is 4.74 Å². The maximum atomic E-state index is 12.2. The van der Waals surface area contributed by atoms with Crippen molar-refractivity contribution in [3.63, 3.8) is 0 Å². The standard InChI is InChI=1S/C23H32N4O2/c1-26-14-16-27(17-15-26)21-8-6-20(7-9-21)25-23(28)11-13-24-12-10-19-4-3-5-22(18-19)29-2/h3-9,18,24H,10-17H2,1-2H3,(H,25,28). The molecule has 29 heavy (non-hydrogen) atoms. The number of anilines is 2. The summed E-state index contributed by atoms with van der Waals surface area (Å²) < 4.78 is 5.24. The van der Waals surface area contributed by atoms with Crippen molar-refractivity contribution in [2.24, 2.45) is 0 Å². The first-order valence-electron chi connectivity index (χ1n) is 10.3. The number of carbonyl (C=O) groups excluding carboxylic acids is 1. The van der Waals surface area contributed by atoms with E-state index in [-0.39, 0.29) is 5.91 Å². The number of piperazine rings is 1. The van der Waals surface area contributed by atoms with Gasteiger partial charge in [0.05, 0.1) is 7.11 Å². The van der Waals surface area contributed by atoms with E-state index < -0.39 is 0 Å². The number of nitrogens with one attached hydrogen (secondary N) is 2. The highest BCUT2D eigenvalue weighted by Gasteiger charge is 2.14. The van der Waals surface area contributed by atoms with E-state index in [0.717, 1.165) is 50.6 Å². The lowest BCUT2D eigenvalue weighted by molar-refractivity contribution is -0.116. The van der Waals surface area contributed by atoms with Crippen molar-refractivity contribution in [3.05, 3.63) is 54.1 Å². The van der Waals surface area contributed by atoms with Crippen molar-refractivity contribution >= 4 is 17.3 Å². The molecule has 0 aliphatic carbocycles. The van der Waals surface area contributed by atoms with Crippen LogP contribution in [-0.2, 0) is 11.2 Å². The van der Waals surface area contributed by atoms with Gasteiger partial charge < -0.3 is 25.2 Å². The fraction of sp³-hybridized carbons (Fsp3) is 0.435. The first-order chi connectivity index (χ1) is 14.1. The van der Waals surface area contributed by atoms with Crippen LogP contribution in [0.4, 0.5) is 11.4 Å². The quantitative estimate of drug-likeness (QED) is 0.638. The first kappa shape index (κ1) is 21.1. The molecular weight excluding hydrogens is 364 g/mol. The number of benzene rings is 2. The number of ether oxygens (including phenoxy) is 1. The summed E-state index contributed by atoms with van der Waals surface area (Å²) in [6, 6.07) is 16.2. The van der Waals surface area contributed by atoms with Crippen LogP contribution in [0, 0.1) is 0 Å². The van der Waals surface area contributed by atoms with Crippen LogP contribution in [0.15, 0.2) is 48.5 Å². The van der Waals surface area contributed by atoms with Crippen LogP contribution in [0.3, 0.4) is 0 Å². The van der Waals surface area contributed by atoms with Gasteiger partial charge in [0.25, 0.3) is 0 Å². The smallest absolute Gasteiger partial charge is 0.225 e. The molecule has 2 aromatic carbocycles. The van der Waals surface area contributed by atoms with Gasteiger partial charge in [0.15, 0.2) is 0 Å². The molecule has 0 atom stereocenters. The average molecular weight is 397 g/mol. The molecule has 0 radical (unpaired) electrons. The number of likely N-dealkylation sites (N-methyl/N-ethyl adjacent to an activating group) is 1. The van der Waals surface area contributed by atoms with Gasteiger partial charge in [-0.1, -0.05) is 12.1 Å². The summed E-state index contributed by atoms with van der Waals surface area (Å²) in [5.41, 5.74) is 3.29. The molecule has 156 valence electrons. The van der Waals surface area contributed by atoms with Crippen LogP contribution in [0.25, 0.3) is 0 Å². The SMILES string of the molecule is COc1cccc(CCNCCC(=O)Nc2ccc(N3CCN(C)CC3)cc2)c1. The van der Waals surface area contributed by atoms with Crippen LogP contribution in [-0.4, -0.2) is 64.2 Å². The zero-order valence-corrected chi connectivity index (χ0v) is 17.5. The van der Waals surface area contributed by atoms with Gasteiger partial charge in [0.1, 0.15) is 5.75 Å². The molecule has 0 bridgehead atoms. The molecule has 1 fully saturated rings. The van der Waals surface area contributed by atoms with E-state index in [9.17, 15) is 4.79 Å². The van der Waals surface area contributed by atoms with E-state index in [1.165, 1.54) is 11.3 Å². The molecule has 6 nitrogen and oxygen atoms in total. The summed E-state index contributed by atoms with van der Waals surface area (Å²) >= 11 is 0. The molecule has 1 aliphatic rings. The second-order valence-electron chi connectivity index (χ2n) is 7.49. The van der Waals surface area contributed by atoms with Gasteiger partial charge in [0, 0.05) is 50.5 Å². The Kier molecular flexibility index (Phi) is 7.90. The summed E-state index contributed by atoms with van der Waals surface area (Å²) in [6.45, 7) is 5.76. The number of hydrogen-bond donors (Lipinski definition) is 2. The Labute approximate surface area is 173 Å². The predicted molar refractivity (Wildman–Crippen MR) is 119 cm³/mol. The minimum absolute atomic E-state index is 0.0335. The van der Waals surface area contributed by atoms with Crippen molar-refractivity contribution in [2.45, 2.75) is 12.8 Å². The molecule has 0 aromatic heterocycles. The molecule has 1 heterocycles. The van der Waals surface area contributed by atoms with Crippen LogP contribution in [0.5, 0.6) is 5.75 Å². The van der Waals surface area contributed by atoms with Gasteiger partial charge >= 0.3 is 0 Å². The predicted octanol–water partition coefficient (Wildman–Crippen LogP) is 2.61. The van der Waals surface area contributed by atoms with Crippen molar-refractivity contribution < 1.29 is 9.53 Å². The maximum Gasteiger partial charge on any atom is 0.225 e. The monoisotopic (exact) mass is 396 g/mol. The van der Waals surface area contributed by atoms with Crippen LogP contribution in [0.1, 0.15) is 12.0 Å². The molecule has 6 heteroatoms. The summed E-state index contributed by atoms with van der Waals surface area (Å²) in [5, 5.41) is 6.31. The van der Waals surface area contributed by atoms with Gasteiger partial charge in [-0.05, 0) is 62.0 Å². The van der Waals surface area contributed by atoms with E-state index >= 15 is 0 Å². The summed E-state index contributed by atoms with van der Waals surface area (Å²) in [7, 11) is 3.83. The second-order valence-corrected chi connectivity index (χ2v) is 7.49. The Balaban J connectivity index is 1.34. The lowest BCUT2D eigenvalue weighted by Crippen LogP contribution is -2.44. The zero-order valence-electron chi connectivity index (χ0n) is 17.5. The Bertz CT molecular complexity index is 771. The van der Waals surface area contributed by atoms with E-state index in [1.807, 2.05) is 30.3 Å². The fourth-order valence-electron chi connectivity index (χ4n) is 3.43. The fourth-order valence-corrected chi connectivity index (χ4v) is 3.43. The largest absolute Gasteiger partial charge is 0.497 e. The van der Waals surface area contributed by atoms with Crippen LogP contribution >= 0.6 is 0 Å². The number of amides is 1. The van der Waals surface area contributed by atoms with Crippen LogP contribution < -0.4 is 20.3 Å². The summed E-state index contributed by atoms with van der Waals surface area (Å²) in [5.74, 6) is 0.909. The molecular formula is C23H32N4O2. The van der Waals surface area contributed by atoms with Gasteiger partial charge in [-0.2, -0.15) is 0 Å². The normalized spacial score (nSPS) is 14.6. The van der Waals surface area contributed by atoms with E-state index in [1.54, 1.807) is 7.11 Å². The van der Waals surface area contributed by atoms with Crippen molar-refractivity contribution in [2.75, 3.05) is 63.6 Å². The number of nitrogens with zero attached hydrogens (tertiary/aromatic N) is 2. The highest BCUT2D eigenvalue weighted by Crippen LogP contribution is 2.19. The highest BCUT2D eigenvalue weighted by molar-refractivity contribution is 5.91. The first-order valence-corrected chi connectivity index (χ1v) is 10.3. The number of hydrogen-bond acceptors (Lipinski definition) is 5. The third-order valence-electron chi connectivity index (χ3n) is 5.27. The summed E-state index contributed by atoms with van der Waals surface area (Å²) in [6.07, 6.45) is 1.37. The second kappa shape index (κ2) is 10.8. The molecule has 0 spiro atoms. The van der Waals surface area contributed by atoms with Crippen molar-refractivity contribution in [3.8, 4) is 5.75 Å². The summed E-state index contributed by atoms with van der Waals surface area (Å²) in [4.78, 5) is 16.9. The number of methoxy groups -OCH3 is 1. The van der Waals surface area contributed by atoms with Gasteiger partial charge in [0.2, 0.25) is 5.91 Å². The third-order valence-corrected chi connectivity index (χ3v) is 5.27. The van der Waals surface area contributed by atoms with E-state index in [0.29, 0.717) is 13.0 Å². The van der Waals surface area contributed by atoms with Crippen molar-refractivity contribution in [1.29, 1.82) is 0 Å². The lowest BCUT2D eigenvalue weighted by Gasteiger charge is -2.34. The Morgan fingerprint density at radius 1 is 1.03 bits per heavy atom. The topological polar surface area (TPSA) is 56.8 Å². The minimum Gasteiger partial charge on any atom is -0.497 e. The molecule has 2 N–H and O–H groups in total. The highest BCUT2D eigenvalue weighted by atomic mass is 16.5. The zero-order chi connectivity index (χ0) is 20.5. The van der Waals surface area contributed by atoms with Gasteiger partial charge in [-0.15, -0.1) is 0 Å². The van der Waals surface area contributed by atoms with Crippen LogP contribution in [0.2, 0.25) is 0 Å². The van der Waals surface area contributed by atoms with E-state index in [2.05, 4.69) is 45.7 Å². The maximum absolute atomic E-state index is 12.2. The van der Waals surface area contributed by atoms with Gasteiger partial charge in [-0.3, -0.25) is 4.79 Å². The molecule has 2 aromatic rings. The molecule has 3 rings (SSSR count). The Hall–Kier alpha value is -2.57. The number of rotatable bonds is 9. The molecule has 0 unspecified atom stereocenters. The molecule has 0 saturated carbocycles. The Morgan fingerprint density at radius 2 is 1.79 bits per heavy atom. The average Bonchev–Trinajstić information content (AvgIpc) is 2.75. The molecule has 1 amide bonds. The van der Waals surface area contributed by atoms with Crippen molar-refractivity contribution in [1.82, 2.24) is 10.2 Å². The lowest BCUT2D eigenvalue weighted by atomic mass is 10.1. The molecule has 1 saturated heterocycles. The Morgan fingerprint density at radius 3 is 2.52 bits per heavy atom. The molecule has 1 aliphatic heterocycles. The van der Waals surface area contributed by atoms with Gasteiger partial charge in [-0.25, -0.2) is 0 Å². The third kappa shape index (κ3) is 6.76. The number of carbonyl (C=O) groups is 1. The minimum atomic E-state index is 0.0335.